The summed E-state index contributed by atoms with van der Waals surface area (Å²) in [4.78, 5) is -0.177. The van der Waals surface area contributed by atoms with Crippen LogP contribution in [-0.2, 0) is 10.0 Å². The fourth-order valence-electron chi connectivity index (χ4n) is 2.46. The summed E-state index contributed by atoms with van der Waals surface area (Å²) >= 11 is 0. The molecular formula is C17H17N3O6S. The number of nitrogens with two attached hydrogens (primary N) is 1. The largest absolute Gasteiger partial charge is 0.497 e. The van der Waals surface area contributed by atoms with Gasteiger partial charge in [0.05, 0.1) is 26.9 Å². The first-order chi connectivity index (χ1) is 12.9. The molecule has 0 aliphatic heterocycles. The minimum absolute atomic E-state index is 0.121. The summed E-state index contributed by atoms with van der Waals surface area (Å²) in [5.74, 6) is 1.55. The summed E-state index contributed by atoms with van der Waals surface area (Å²) in [6, 6.07) is 9.51. The standard InChI is InChI=1S/C17H17N3O6S/c1-23-11-5-6-12(14(9-11)25-3)17-20-19-16(26-17)10-4-7-13(24-2)15(8-10)27(18,21)22/h4-9H,1-3H3,(H2,18,21,22). The number of hydrogen-bond acceptors (Lipinski definition) is 8. The molecule has 10 heteroatoms. The van der Waals surface area contributed by atoms with Gasteiger partial charge in [-0.1, -0.05) is 0 Å². The van der Waals surface area contributed by atoms with E-state index in [1.807, 2.05) is 0 Å². The predicted octanol–water partition coefficient (Wildman–Crippen LogP) is 2.08. The van der Waals surface area contributed by atoms with Crippen LogP contribution < -0.4 is 19.3 Å². The van der Waals surface area contributed by atoms with Gasteiger partial charge >= 0.3 is 0 Å². The molecule has 0 bridgehead atoms. The average Bonchev–Trinajstić information content (AvgIpc) is 3.16. The van der Waals surface area contributed by atoms with E-state index in [0.29, 0.717) is 22.6 Å². The predicted molar refractivity (Wildman–Crippen MR) is 96.2 cm³/mol. The molecule has 1 aromatic heterocycles. The molecule has 0 saturated heterocycles. The maximum Gasteiger partial charge on any atom is 0.251 e. The van der Waals surface area contributed by atoms with E-state index in [0.717, 1.165) is 0 Å². The summed E-state index contributed by atoms with van der Waals surface area (Å²) in [7, 11) is 0.422. The zero-order valence-corrected chi connectivity index (χ0v) is 15.6. The van der Waals surface area contributed by atoms with E-state index in [1.165, 1.54) is 26.4 Å². The highest BCUT2D eigenvalue weighted by Gasteiger charge is 2.20. The third kappa shape index (κ3) is 3.71. The Balaban J connectivity index is 2.05. The fourth-order valence-corrected chi connectivity index (χ4v) is 3.18. The smallest absolute Gasteiger partial charge is 0.251 e. The van der Waals surface area contributed by atoms with Gasteiger partial charge in [0.25, 0.3) is 5.89 Å². The third-order valence-electron chi connectivity index (χ3n) is 3.78. The number of sulfonamides is 1. The number of ether oxygens (including phenoxy) is 3. The van der Waals surface area contributed by atoms with E-state index in [4.69, 9.17) is 23.8 Å². The molecular weight excluding hydrogens is 374 g/mol. The van der Waals surface area contributed by atoms with Crippen LogP contribution in [0.3, 0.4) is 0 Å². The van der Waals surface area contributed by atoms with Crippen LogP contribution in [0.25, 0.3) is 22.9 Å². The normalized spacial score (nSPS) is 11.3. The topological polar surface area (TPSA) is 127 Å². The van der Waals surface area contributed by atoms with Gasteiger partial charge in [0.15, 0.2) is 0 Å². The molecule has 0 atom stereocenters. The molecule has 142 valence electrons. The Morgan fingerprint density at radius 3 is 2.22 bits per heavy atom. The van der Waals surface area contributed by atoms with Crippen LogP contribution in [0.2, 0.25) is 0 Å². The third-order valence-corrected chi connectivity index (χ3v) is 4.71. The molecule has 27 heavy (non-hydrogen) atoms. The second-order valence-corrected chi connectivity index (χ2v) is 6.92. The lowest BCUT2D eigenvalue weighted by Gasteiger charge is -2.08. The Hall–Kier alpha value is -3.11. The molecule has 0 saturated carbocycles. The second-order valence-electron chi connectivity index (χ2n) is 5.39. The lowest BCUT2D eigenvalue weighted by atomic mass is 10.2. The zero-order valence-electron chi connectivity index (χ0n) is 14.8. The number of aromatic nitrogens is 2. The summed E-state index contributed by atoms with van der Waals surface area (Å²) < 4.78 is 44.8. The van der Waals surface area contributed by atoms with Crippen molar-refractivity contribution >= 4 is 10.0 Å². The molecule has 3 aromatic rings. The number of methoxy groups -OCH3 is 3. The first-order valence-corrected chi connectivity index (χ1v) is 9.19. The van der Waals surface area contributed by atoms with Crippen LogP contribution in [0.5, 0.6) is 17.2 Å². The van der Waals surface area contributed by atoms with Crippen LogP contribution in [0.1, 0.15) is 0 Å². The summed E-state index contributed by atoms with van der Waals surface area (Å²) in [6.45, 7) is 0. The lowest BCUT2D eigenvalue weighted by molar-refractivity contribution is 0.394. The van der Waals surface area contributed by atoms with Crippen molar-refractivity contribution in [2.24, 2.45) is 5.14 Å². The molecule has 0 radical (unpaired) electrons. The first-order valence-electron chi connectivity index (χ1n) is 7.64. The molecule has 1 heterocycles. The monoisotopic (exact) mass is 391 g/mol. The van der Waals surface area contributed by atoms with Gasteiger partial charge in [-0.3, -0.25) is 0 Å². The quantitative estimate of drug-likeness (QED) is 0.677. The van der Waals surface area contributed by atoms with Crippen molar-refractivity contribution < 1.29 is 27.0 Å². The SMILES string of the molecule is COc1ccc(-c2nnc(-c3ccc(OC)c(S(N)(=O)=O)c3)o2)c(OC)c1. The van der Waals surface area contributed by atoms with E-state index < -0.39 is 10.0 Å². The number of nitrogens with zero attached hydrogens (tertiary/aromatic N) is 2. The second kappa shape index (κ2) is 7.25. The van der Waals surface area contributed by atoms with Gasteiger partial charge in [0.1, 0.15) is 22.1 Å². The van der Waals surface area contributed by atoms with Gasteiger partial charge in [0.2, 0.25) is 15.9 Å². The summed E-state index contributed by atoms with van der Waals surface area (Å²) in [5, 5.41) is 13.2. The Kier molecular flexibility index (Phi) is 5.02. The van der Waals surface area contributed by atoms with Crippen LogP contribution >= 0.6 is 0 Å². The van der Waals surface area contributed by atoms with Crippen molar-refractivity contribution in [3.05, 3.63) is 36.4 Å². The Morgan fingerprint density at radius 1 is 0.889 bits per heavy atom. The molecule has 0 amide bonds. The molecule has 0 aliphatic rings. The van der Waals surface area contributed by atoms with Gasteiger partial charge < -0.3 is 18.6 Å². The van der Waals surface area contributed by atoms with E-state index in [2.05, 4.69) is 10.2 Å². The number of primary sulfonamides is 1. The molecule has 0 unspecified atom stereocenters. The van der Waals surface area contributed by atoms with Crippen LogP contribution in [0.15, 0.2) is 45.7 Å². The average molecular weight is 391 g/mol. The Bertz CT molecular complexity index is 1080. The fraction of sp³-hybridized carbons (Fsp3) is 0.176. The number of hydrogen-bond donors (Lipinski definition) is 1. The highest BCUT2D eigenvalue weighted by Crippen LogP contribution is 2.35. The molecule has 0 aliphatic carbocycles. The van der Waals surface area contributed by atoms with Gasteiger partial charge in [-0.15, -0.1) is 10.2 Å². The van der Waals surface area contributed by atoms with E-state index in [9.17, 15) is 8.42 Å². The van der Waals surface area contributed by atoms with Crippen molar-refractivity contribution in [1.29, 1.82) is 0 Å². The highest BCUT2D eigenvalue weighted by atomic mass is 32.2. The Morgan fingerprint density at radius 2 is 1.59 bits per heavy atom. The van der Waals surface area contributed by atoms with Crippen molar-refractivity contribution in [2.75, 3.05) is 21.3 Å². The number of benzene rings is 2. The van der Waals surface area contributed by atoms with E-state index in [-0.39, 0.29) is 22.4 Å². The summed E-state index contributed by atoms with van der Waals surface area (Å²) in [6.07, 6.45) is 0. The van der Waals surface area contributed by atoms with Crippen molar-refractivity contribution in [3.63, 3.8) is 0 Å². The molecule has 0 fully saturated rings. The van der Waals surface area contributed by atoms with E-state index in [1.54, 1.807) is 31.4 Å². The molecule has 3 rings (SSSR count). The minimum Gasteiger partial charge on any atom is -0.497 e. The van der Waals surface area contributed by atoms with Gasteiger partial charge in [-0.05, 0) is 30.3 Å². The van der Waals surface area contributed by atoms with Crippen LogP contribution in [-0.4, -0.2) is 39.9 Å². The van der Waals surface area contributed by atoms with Crippen LogP contribution in [0, 0.1) is 0 Å². The first kappa shape index (κ1) is 18.7. The minimum atomic E-state index is -3.99. The number of rotatable bonds is 6. The Labute approximate surface area is 155 Å². The molecule has 2 N–H and O–H groups in total. The molecule has 2 aromatic carbocycles. The maximum absolute atomic E-state index is 11.8. The zero-order chi connectivity index (χ0) is 19.6. The van der Waals surface area contributed by atoms with Crippen molar-refractivity contribution in [2.45, 2.75) is 4.90 Å². The van der Waals surface area contributed by atoms with Crippen molar-refractivity contribution in [3.8, 4) is 40.2 Å². The van der Waals surface area contributed by atoms with Crippen molar-refractivity contribution in [1.82, 2.24) is 10.2 Å². The van der Waals surface area contributed by atoms with E-state index >= 15 is 0 Å². The van der Waals surface area contributed by atoms with Gasteiger partial charge in [-0.25, -0.2) is 13.6 Å². The van der Waals surface area contributed by atoms with Gasteiger partial charge in [0, 0.05) is 11.6 Å². The summed E-state index contributed by atoms with van der Waals surface area (Å²) in [5.41, 5.74) is 0.947. The molecule has 0 spiro atoms. The van der Waals surface area contributed by atoms with Crippen LogP contribution in [0.4, 0.5) is 0 Å². The maximum atomic E-state index is 11.8. The molecule has 9 nitrogen and oxygen atoms in total. The highest BCUT2D eigenvalue weighted by molar-refractivity contribution is 7.89. The lowest BCUT2D eigenvalue weighted by Crippen LogP contribution is -2.13. The van der Waals surface area contributed by atoms with Gasteiger partial charge in [-0.2, -0.15) is 0 Å².